The van der Waals surface area contributed by atoms with Crippen molar-refractivity contribution < 1.29 is 8.78 Å². The Bertz CT molecular complexity index is 520. The molecule has 0 bridgehead atoms. The second kappa shape index (κ2) is 6.21. The first kappa shape index (κ1) is 14.1. The Morgan fingerprint density at radius 1 is 1.21 bits per heavy atom. The molecule has 102 valence electrons. The van der Waals surface area contributed by atoms with Crippen LogP contribution in [-0.2, 0) is 6.54 Å². The van der Waals surface area contributed by atoms with Crippen LogP contribution in [0.5, 0.6) is 0 Å². The SMILES string of the molecule is CC(C)NCc1cnc(-c2ccc(C(F)F)cc2)s1. The van der Waals surface area contributed by atoms with Crippen molar-refractivity contribution in [2.45, 2.75) is 32.9 Å². The molecule has 0 saturated heterocycles. The molecule has 0 fully saturated rings. The first-order chi connectivity index (χ1) is 9.06. The molecule has 0 aliphatic heterocycles. The van der Waals surface area contributed by atoms with Crippen LogP contribution in [-0.4, -0.2) is 11.0 Å². The molecule has 0 aliphatic rings. The first-order valence-electron chi connectivity index (χ1n) is 6.13. The molecule has 0 aliphatic carbocycles. The zero-order chi connectivity index (χ0) is 13.8. The summed E-state index contributed by atoms with van der Waals surface area (Å²) in [7, 11) is 0. The van der Waals surface area contributed by atoms with Crippen LogP contribution in [0, 0.1) is 0 Å². The molecule has 2 rings (SSSR count). The second-order valence-electron chi connectivity index (χ2n) is 4.59. The Morgan fingerprint density at radius 3 is 2.47 bits per heavy atom. The van der Waals surface area contributed by atoms with Gasteiger partial charge in [0, 0.05) is 34.8 Å². The van der Waals surface area contributed by atoms with Gasteiger partial charge in [-0.15, -0.1) is 11.3 Å². The summed E-state index contributed by atoms with van der Waals surface area (Å²) in [5.41, 5.74) is 0.923. The van der Waals surface area contributed by atoms with Crippen molar-refractivity contribution in [3.63, 3.8) is 0 Å². The number of rotatable bonds is 5. The highest BCUT2D eigenvalue weighted by Gasteiger charge is 2.09. The van der Waals surface area contributed by atoms with Gasteiger partial charge in [0.25, 0.3) is 6.43 Å². The molecular weight excluding hydrogens is 266 g/mol. The molecule has 5 heteroatoms. The molecule has 0 saturated carbocycles. The van der Waals surface area contributed by atoms with Crippen LogP contribution in [0.25, 0.3) is 10.6 Å². The van der Waals surface area contributed by atoms with Gasteiger partial charge in [0.15, 0.2) is 0 Å². The van der Waals surface area contributed by atoms with Crippen molar-refractivity contribution in [3.05, 3.63) is 40.9 Å². The van der Waals surface area contributed by atoms with Gasteiger partial charge in [-0.3, -0.25) is 0 Å². The predicted octanol–water partition coefficient (Wildman–Crippen LogP) is 4.25. The van der Waals surface area contributed by atoms with E-state index in [1.165, 1.54) is 12.1 Å². The summed E-state index contributed by atoms with van der Waals surface area (Å²) < 4.78 is 24.9. The number of nitrogens with zero attached hydrogens (tertiary/aromatic N) is 1. The van der Waals surface area contributed by atoms with E-state index in [0.717, 1.165) is 22.0 Å². The average Bonchev–Trinajstić information content (AvgIpc) is 2.85. The Morgan fingerprint density at radius 2 is 1.89 bits per heavy atom. The Balaban J connectivity index is 2.09. The maximum Gasteiger partial charge on any atom is 0.263 e. The molecule has 0 spiro atoms. The number of hydrogen-bond acceptors (Lipinski definition) is 3. The second-order valence-corrected chi connectivity index (χ2v) is 5.71. The fourth-order valence-electron chi connectivity index (χ4n) is 1.60. The van der Waals surface area contributed by atoms with Crippen LogP contribution < -0.4 is 5.32 Å². The van der Waals surface area contributed by atoms with Crippen molar-refractivity contribution in [2.24, 2.45) is 0 Å². The highest BCUT2D eigenvalue weighted by Crippen LogP contribution is 2.27. The largest absolute Gasteiger partial charge is 0.310 e. The standard InChI is InChI=1S/C14H16F2N2S/c1-9(2)17-7-12-8-18-14(19-12)11-5-3-10(4-6-11)13(15)16/h3-6,8-9,13,17H,7H2,1-2H3. The number of alkyl halides is 2. The molecule has 0 atom stereocenters. The van der Waals surface area contributed by atoms with E-state index in [2.05, 4.69) is 24.1 Å². The summed E-state index contributed by atoms with van der Waals surface area (Å²) in [6.07, 6.45) is -0.590. The molecular formula is C14H16F2N2S. The summed E-state index contributed by atoms with van der Waals surface area (Å²) in [6, 6.07) is 6.72. The maximum atomic E-state index is 12.5. The fraction of sp³-hybridized carbons (Fsp3) is 0.357. The molecule has 19 heavy (non-hydrogen) atoms. The molecule has 0 amide bonds. The van der Waals surface area contributed by atoms with Gasteiger partial charge < -0.3 is 5.32 Å². The molecule has 1 N–H and O–H groups in total. The summed E-state index contributed by atoms with van der Waals surface area (Å²) in [6.45, 7) is 4.96. The van der Waals surface area contributed by atoms with Gasteiger partial charge in [0.05, 0.1) is 0 Å². The van der Waals surface area contributed by atoms with E-state index in [1.54, 1.807) is 23.5 Å². The third-order valence-electron chi connectivity index (χ3n) is 2.65. The van der Waals surface area contributed by atoms with Gasteiger partial charge in [0.2, 0.25) is 0 Å². The minimum atomic E-state index is -2.42. The molecule has 2 aromatic rings. The number of benzene rings is 1. The number of hydrogen-bond donors (Lipinski definition) is 1. The van der Waals surface area contributed by atoms with Crippen LogP contribution >= 0.6 is 11.3 Å². The molecule has 1 aromatic carbocycles. The summed E-state index contributed by atoms with van der Waals surface area (Å²) >= 11 is 1.58. The Kier molecular flexibility index (Phi) is 4.61. The number of aromatic nitrogens is 1. The lowest BCUT2D eigenvalue weighted by molar-refractivity contribution is 0.151. The van der Waals surface area contributed by atoms with Gasteiger partial charge in [-0.1, -0.05) is 38.1 Å². The fourth-order valence-corrected chi connectivity index (χ4v) is 2.47. The van der Waals surface area contributed by atoms with Gasteiger partial charge in [-0.05, 0) is 0 Å². The topological polar surface area (TPSA) is 24.9 Å². The molecule has 1 aromatic heterocycles. The molecule has 1 heterocycles. The highest BCUT2D eigenvalue weighted by molar-refractivity contribution is 7.15. The van der Waals surface area contributed by atoms with Crippen molar-refractivity contribution in [2.75, 3.05) is 0 Å². The van der Waals surface area contributed by atoms with Crippen LogP contribution in [0.2, 0.25) is 0 Å². The van der Waals surface area contributed by atoms with E-state index >= 15 is 0 Å². The minimum absolute atomic E-state index is 0.0435. The number of thiazole rings is 1. The quantitative estimate of drug-likeness (QED) is 0.887. The first-order valence-corrected chi connectivity index (χ1v) is 6.94. The highest BCUT2D eigenvalue weighted by atomic mass is 32.1. The zero-order valence-corrected chi connectivity index (χ0v) is 11.7. The Labute approximate surface area is 115 Å². The summed E-state index contributed by atoms with van der Waals surface area (Å²) in [5, 5.41) is 4.18. The predicted molar refractivity (Wildman–Crippen MR) is 74.5 cm³/mol. The van der Waals surface area contributed by atoms with E-state index in [9.17, 15) is 8.78 Å². The van der Waals surface area contributed by atoms with Crippen molar-refractivity contribution in [1.82, 2.24) is 10.3 Å². The van der Waals surface area contributed by atoms with E-state index < -0.39 is 6.43 Å². The number of nitrogens with one attached hydrogen (secondary N) is 1. The maximum absolute atomic E-state index is 12.5. The minimum Gasteiger partial charge on any atom is -0.310 e. The van der Waals surface area contributed by atoms with Crippen LogP contribution in [0.4, 0.5) is 8.78 Å². The Hall–Kier alpha value is -1.33. The summed E-state index contributed by atoms with van der Waals surface area (Å²) in [5.74, 6) is 0. The van der Waals surface area contributed by atoms with Crippen molar-refractivity contribution in [1.29, 1.82) is 0 Å². The third kappa shape index (κ3) is 3.81. The van der Waals surface area contributed by atoms with Crippen LogP contribution in [0.15, 0.2) is 30.5 Å². The smallest absolute Gasteiger partial charge is 0.263 e. The lowest BCUT2D eigenvalue weighted by Gasteiger charge is -2.04. The van der Waals surface area contributed by atoms with Gasteiger partial charge in [-0.25, -0.2) is 13.8 Å². The van der Waals surface area contributed by atoms with E-state index in [0.29, 0.717) is 6.04 Å². The van der Waals surface area contributed by atoms with Crippen molar-refractivity contribution >= 4 is 11.3 Å². The van der Waals surface area contributed by atoms with E-state index in [-0.39, 0.29) is 5.56 Å². The zero-order valence-electron chi connectivity index (χ0n) is 10.9. The van der Waals surface area contributed by atoms with Crippen LogP contribution in [0.1, 0.15) is 30.7 Å². The normalized spacial score (nSPS) is 11.5. The van der Waals surface area contributed by atoms with Crippen LogP contribution in [0.3, 0.4) is 0 Å². The van der Waals surface area contributed by atoms with E-state index in [4.69, 9.17) is 0 Å². The number of halogens is 2. The van der Waals surface area contributed by atoms with Gasteiger partial charge in [0.1, 0.15) is 5.01 Å². The van der Waals surface area contributed by atoms with Gasteiger partial charge >= 0.3 is 0 Å². The third-order valence-corrected chi connectivity index (χ3v) is 3.69. The average molecular weight is 282 g/mol. The lowest BCUT2D eigenvalue weighted by Crippen LogP contribution is -2.21. The van der Waals surface area contributed by atoms with Crippen molar-refractivity contribution in [3.8, 4) is 10.6 Å². The van der Waals surface area contributed by atoms with E-state index in [1.807, 2.05) is 6.20 Å². The molecule has 2 nitrogen and oxygen atoms in total. The van der Waals surface area contributed by atoms with Gasteiger partial charge in [-0.2, -0.15) is 0 Å². The molecule has 0 radical (unpaired) electrons. The monoisotopic (exact) mass is 282 g/mol. The summed E-state index contributed by atoms with van der Waals surface area (Å²) in [4.78, 5) is 5.47. The lowest BCUT2D eigenvalue weighted by atomic mass is 10.1. The molecule has 0 unspecified atom stereocenters.